The van der Waals surface area contributed by atoms with Crippen LogP contribution in [0, 0.1) is 0 Å². The highest BCUT2D eigenvalue weighted by Crippen LogP contribution is 1.86. The maximum Gasteiger partial charge on any atom is 0.322 e. The highest BCUT2D eigenvalue weighted by Gasteiger charge is 2.08. The van der Waals surface area contributed by atoms with Crippen molar-refractivity contribution in [2.24, 2.45) is 5.73 Å². The molecule has 0 radical (unpaired) electrons. The lowest BCUT2D eigenvalue weighted by atomic mass is 10.2. The molecule has 0 saturated carbocycles. The second-order valence-electron chi connectivity index (χ2n) is 1.54. The van der Waals surface area contributed by atoms with Crippen molar-refractivity contribution in [1.29, 1.82) is 0 Å². The predicted octanol–water partition coefficient (Wildman–Crippen LogP) is 0.740. The van der Waals surface area contributed by atoms with Crippen LogP contribution in [0.3, 0.4) is 0 Å². The molecule has 0 fully saturated rings. The highest BCUT2D eigenvalue weighted by molar-refractivity contribution is 5.85. The molecular formula is C5H13Cl2NO2. The number of methoxy groups -OCH3 is 1. The van der Waals surface area contributed by atoms with E-state index in [1.54, 1.807) is 0 Å². The lowest BCUT2D eigenvalue weighted by Crippen LogP contribution is -2.30. The number of carbonyl (C=O) groups is 1. The SMILES string of the molecule is CCC(N)C(=O)OC.Cl.Cl. The average Bonchev–Trinajstić information content (AvgIpc) is 1.84. The summed E-state index contributed by atoms with van der Waals surface area (Å²) in [5.74, 6) is -0.340. The highest BCUT2D eigenvalue weighted by atomic mass is 35.5. The van der Waals surface area contributed by atoms with E-state index in [-0.39, 0.29) is 30.8 Å². The van der Waals surface area contributed by atoms with E-state index >= 15 is 0 Å². The Balaban J connectivity index is -0.000000245. The lowest BCUT2D eigenvalue weighted by molar-refractivity contribution is -0.142. The number of hydrogen-bond donors (Lipinski definition) is 1. The lowest BCUT2D eigenvalue weighted by Gasteiger charge is -2.03. The normalized spacial score (nSPS) is 10.3. The molecule has 0 saturated heterocycles. The van der Waals surface area contributed by atoms with Gasteiger partial charge >= 0.3 is 5.97 Å². The van der Waals surface area contributed by atoms with Gasteiger partial charge < -0.3 is 10.5 Å². The second kappa shape index (κ2) is 9.01. The van der Waals surface area contributed by atoms with Crippen molar-refractivity contribution in [1.82, 2.24) is 0 Å². The van der Waals surface area contributed by atoms with Gasteiger partial charge in [-0.1, -0.05) is 6.92 Å². The van der Waals surface area contributed by atoms with Crippen LogP contribution in [0.4, 0.5) is 0 Å². The molecule has 0 heterocycles. The minimum atomic E-state index is -0.444. The predicted molar refractivity (Wildman–Crippen MR) is 44.8 cm³/mol. The first-order valence-corrected chi connectivity index (χ1v) is 2.55. The van der Waals surface area contributed by atoms with Gasteiger partial charge in [0, 0.05) is 0 Å². The van der Waals surface area contributed by atoms with Crippen molar-refractivity contribution in [3.8, 4) is 0 Å². The molecule has 10 heavy (non-hydrogen) atoms. The monoisotopic (exact) mass is 189 g/mol. The van der Waals surface area contributed by atoms with Gasteiger partial charge in [0.2, 0.25) is 0 Å². The first kappa shape index (κ1) is 16.5. The van der Waals surface area contributed by atoms with Gasteiger partial charge in [-0.05, 0) is 6.42 Å². The van der Waals surface area contributed by atoms with E-state index < -0.39 is 6.04 Å². The van der Waals surface area contributed by atoms with Crippen LogP contribution in [0.2, 0.25) is 0 Å². The molecule has 0 spiro atoms. The molecule has 1 unspecified atom stereocenters. The largest absolute Gasteiger partial charge is 0.468 e. The molecule has 0 amide bonds. The molecule has 0 aliphatic carbocycles. The molecule has 0 aromatic carbocycles. The molecule has 0 aromatic heterocycles. The number of carbonyl (C=O) groups excluding carboxylic acids is 1. The Hall–Kier alpha value is 0.01000. The van der Waals surface area contributed by atoms with Gasteiger partial charge in [0.25, 0.3) is 0 Å². The molecule has 0 bridgehead atoms. The Morgan fingerprint density at radius 3 is 2.10 bits per heavy atom. The smallest absolute Gasteiger partial charge is 0.322 e. The molecule has 0 rings (SSSR count). The summed E-state index contributed by atoms with van der Waals surface area (Å²) in [6.07, 6.45) is 0.632. The van der Waals surface area contributed by atoms with Crippen molar-refractivity contribution in [2.45, 2.75) is 19.4 Å². The van der Waals surface area contributed by atoms with Crippen LogP contribution < -0.4 is 5.73 Å². The van der Waals surface area contributed by atoms with E-state index in [1.807, 2.05) is 6.92 Å². The van der Waals surface area contributed by atoms with E-state index in [0.717, 1.165) is 0 Å². The minimum Gasteiger partial charge on any atom is -0.468 e. The topological polar surface area (TPSA) is 52.3 Å². The molecule has 0 aliphatic heterocycles. The number of nitrogens with two attached hydrogens (primary N) is 1. The quantitative estimate of drug-likeness (QED) is 0.653. The molecule has 0 aliphatic rings. The van der Waals surface area contributed by atoms with Crippen LogP contribution in [0.25, 0.3) is 0 Å². The number of ether oxygens (including phenoxy) is 1. The zero-order valence-corrected chi connectivity index (χ0v) is 7.63. The number of esters is 1. The van der Waals surface area contributed by atoms with E-state index in [4.69, 9.17) is 5.73 Å². The molecule has 1 atom stereocenters. The summed E-state index contributed by atoms with van der Waals surface area (Å²) in [4.78, 5) is 10.4. The van der Waals surface area contributed by atoms with Crippen LogP contribution in [0.15, 0.2) is 0 Å². The van der Waals surface area contributed by atoms with Gasteiger partial charge in [-0.15, -0.1) is 24.8 Å². The van der Waals surface area contributed by atoms with E-state index in [0.29, 0.717) is 6.42 Å². The third kappa shape index (κ3) is 6.13. The van der Waals surface area contributed by atoms with Gasteiger partial charge in [0.15, 0.2) is 0 Å². The van der Waals surface area contributed by atoms with Gasteiger partial charge in [-0.2, -0.15) is 0 Å². The Kier molecular flexibility index (Phi) is 14.9. The Labute approximate surface area is 73.1 Å². The zero-order chi connectivity index (χ0) is 6.57. The fourth-order valence-corrected chi connectivity index (χ4v) is 0.318. The average molecular weight is 190 g/mol. The van der Waals surface area contributed by atoms with Crippen molar-refractivity contribution in [3.63, 3.8) is 0 Å². The van der Waals surface area contributed by atoms with Gasteiger partial charge in [0.1, 0.15) is 6.04 Å². The molecule has 0 aromatic rings. The van der Waals surface area contributed by atoms with Crippen LogP contribution in [-0.2, 0) is 9.53 Å². The maximum atomic E-state index is 10.4. The van der Waals surface area contributed by atoms with Gasteiger partial charge in [0.05, 0.1) is 7.11 Å². The molecule has 3 nitrogen and oxygen atoms in total. The van der Waals surface area contributed by atoms with Crippen LogP contribution in [0.1, 0.15) is 13.3 Å². The summed E-state index contributed by atoms with van der Waals surface area (Å²) in [6.45, 7) is 1.83. The molecule has 64 valence electrons. The van der Waals surface area contributed by atoms with Gasteiger partial charge in [-0.25, -0.2) is 0 Å². The Bertz CT molecular complexity index is 89.7. The summed E-state index contributed by atoms with van der Waals surface area (Å²) in [6, 6.07) is -0.444. The first-order valence-electron chi connectivity index (χ1n) is 2.55. The maximum absolute atomic E-state index is 10.4. The standard InChI is InChI=1S/C5H11NO2.2ClH/c1-3-4(6)5(7)8-2;;/h4H,3,6H2,1-2H3;2*1H. The first-order chi connectivity index (χ1) is 3.72. The van der Waals surface area contributed by atoms with Crippen LogP contribution in [-0.4, -0.2) is 19.1 Å². The Morgan fingerprint density at radius 2 is 2.00 bits per heavy atom. The zero-order valence-electron chi connectivity index (χ0n) is 5.99. The van der Waals surface area contributed by atoms with Crippen molar-refractivity contribution >= 4 is 30.8 Å². The number of hydrogen-bond acceptors (Lipinski definition) is 3. The van der Waals surface area contributed by atoms with E-state index in [1.165, 1.54) is 7.11 Å². The third-order valence-electron chi connectivity index (χ3n) is 0.944. The molecule has 5 heteroatoms. The summed E-state index contributed by atoms with van der Waals surface area (Å²) >= 11 is 0. The fourth-order valence-electron chi connectivity index (χ4n) is 0.318. The summed E-state index contributed by atoms with van der Waals surface area (Å²) in [5.41, 5.74) is 5.25. The number of halogens is 2. The molecule has 2 N–H and O–H groups in total. The molecular weight excluding hydrogens is 177 g/mol. The Morgan fingerprint density at radius 1 is 1.60 bits per heavy atom. The van der Waals surface area contributed by atoms with Crippen molar-refractivity contribution in [2.75, 3.05) is 7.11 Å². The van der Waals surface area contributed by atoms with E-state index in [2.05, 4.69) is 4.74 Å². The fraction of sp³-hybridized carbons (Fsp3) is 0.800. The summed E-state index contributed by atoms with van der Waals surface area (Å²) in [7, 11) is 1.33. The van der Waals surface area contributed by atoms with Crippen LogP contribution >= 0.6 is 24.8 Å². The summed E-state index contributed by atoms with van der Waals surface area (Å²) < 4.78 is 4.34. The van der Waals surface area contributed by atoms with E-state index in [9.17, 15) is 4.79 Å². The number of rotatable bonds is 2. The minimum absolute atomic E-state index is 0. The van der Waals surface area contributed by atoms with Gasteiger partial charge in [-0.3, -0.25) is 4.79 Å². The second-order valence-corrected chi connectivity index (χ2v) is 1.54. The van der Waals surface area contributed by atoms with Crippen molar-refractivity contribution in [3.05, 3.63) is 0 Å². The van der Waals surface area contributed by atoms with Crippen molar-refractivity contribution < 1.29 is 9.53 Å². The summed E-state index contributed by atoms with van der Waals surface area (Å²) in [5, 5.41) is 0. The third-order valence-corrected chi connectivity index (χ3v) is 0.944. The van der Waals surface area contributed by atoms with Crippen LogP contribution in [0.5, 0.6) is 0 Å².